The van der Waals surface area contributed by atoms with Gasteiger partial charge in [0.1, 0.15) is 0 Å². The molecule has 0 aromatic heterocycles. The Hall–Kier alpha value is -1.09. The summed E-state index contributed by atoms with van der Waals surface area (Å²) >= 11 is 0. The van der Waals surface area contributed by atoms with Crippen molar-refractivity contribution in [1.29, 1.82) is 0 Å². The molecule has 1 aliphatic heterocycles. The Balaban J connectivity index is 2.70. The van der Waals surface area contributed by atoms with Crippen LogP contribution in [0.25, 0.3) is 0 Å². The van der Waals surface area contributed by atoms with Gasteiger partial charge in [0.25, 0.3) is 0 Å². The predicted molar refractivity (Wildman–Crippen MR) is 53.6 cm³/mol. The molecule has 1 N–H and O–H groups in total. The fourth-order valence-corrected chi connectivity index (χ4v) is 1.75. The van der Waals surface area contributed by atoms with E-state index in [0.29, 0.717) is 13.0 Å². The molecule has 1 fully saturated rings. The third-order valence-electron chi connectivity index (χ3n) is 2.45. The topological polar surface area (TPSA) is 46.5 Å². The fraction of sp³-hybridized carbons (Fsp3) is 0.545. The number of aliphatic hydroxyl groups is 1. The Kier molecular flexibility index (Phi) is 3.89. The number of ether oxygens (including phenoxy) is 1. The number of allylic oxidation sites excluding steroid dienone is 2. The van der Waals surface area contributed by atoms with Crippen LogP contribution in [0.5, 0.6) is 0 Å². The van der Waals surface area contributed by atoms with Gasteiger partial charge in [0.2, 0.25) is 0 Å². The average molecular weight is 196 g/mol. The lowest BCUT2D eigenvalue weighted by Crippen LogP contribution is -2.28. The summed E-state index contributed by atoms with van der Waals surface area (Å²) in [6.45, 7) is 5.83. The quantitative estimate of drug-likeness (QED) is 0.544. The molecule has 0 saturated carbocycles. The van der Waals surface area contributed by atoms with Crippen LogP contribution >= 0.6 is 0 Å². The van der Waals surface area contributed by atoms with Crippen molar-refractivity contribution in [3.8, 4) is 0 Å². The molecule has 3 nitrogen and oxygen atoms in total. The molecule has 78 valence electrons. The van der Waals surface area contributed by atoms with Crippen LogP contribution < -0.4 is 0 Å². The zero-order chi connectivity index (χ0) is 10.6. The number of aliphatic hydroxyl groups excluding tert-OH is 1. The number of esters is 1. The van der Waals surface area contributed by atoms with Gasteiger partial charge in [0, 0.05) is 5.92 Å². The second-order valence-corrected chi connectivity index (χ2v) is 3.46. The Morgan fingerprint density at radius 3 is 3.07 bits per heavy atom. The van der Waals surface area contributed by atoms with E-state index in [1.807, 2.05) is 6.92 Å². The van der Waals surface area contributed by atoms with Crippen molar-refractivity contribution in [3.05, 3.63) is 24.8 Å². The molecule has 3 atom stereocenters. The van der Waals surface area contributed by atoms with Gasteiger partial charge in [-0.25, -0.2) is 0 Å². The minimum absolute atomic E-state index is 0.0613. The summed E-state index contributed by atoms with van der Waals surface area (Å²) in [7, 11) is 0. The Bertz CT molecular complexity index is 245. The molecule has 0 bridgehead atoms. The summed E-state index contributed by atoms with van der Waals surface area (Å²) < 4.78 is 4.92. The number of carbonyl (C=O) groups excluding carboxylic acids is 1. The minimum Gasteiger partial charge on any atom is -0.465 e. The van der Waals surface area contributed by atoms with Crippen molar-refractivity contribution in [2.75, 3.05) is 6.61 Å². The summed E-state index contributed by atoms with van der Waals surface area (Å²) in [5.41, 5.74) is 0. The summed E-state index contributed by atoms with van der Waals surface area (Å²) in [5, 5.41) is 9.69. The smallest absolute Gasteiger partial charge is 0.312 e. The molecule has 1 heterocycles. The summed E-state index contributed by atoms with van der Waals surface area (Å²) in [4.78, 5) is 11.3. The minimum atomic E-state index is -0.736. The summed E-state index contributed by atoms with van der Waals surface area (Å²) in [6.07, 6.45) is 5.07. The highest BCUT2D eigenvalue weighted by Gasteiger charge is 2.39. The van der Waals surface area contributed by atoms with Crippen molar-refractivity contribution in [3.63, 3.8) is 0 Å². The number of hydrogen-bond acceptors (Lipinski definition) is 3. The molecule has 0 aromatic rings. The Morgan fingerprint density at radius 2 is 2.50 bits per heavy atom. The lowest BCUT2D eigenvalue weighted by Gasteiger charge is -2.16. The maximum absolute atomic E-state index is 11.3. The van der Waals surface area contributed by atoms with Crippen molar-refractivity contribution in [2.45, 2.75) is 19.4 Å². The molecular weight excluding hydrogens is 180 g/mol. The van der Waals surface area contributed by atoms with E-state index < -0.39 is 12.0 Å². The van der Waals surface area contributed by atoms with E-state index >= 15 is 0 Å². The van der Waals surface area contributed by atoms with Gasteiger partial charge in [-0.15, -0.1) is 6.58 Å². The zero-order valence-corrected chi connectivity index (χ0v) is 8.35. The number of rotatable bonds is 4. The van der Waals surface area contributed by atoms with Crippen LogP contribution in [0.1, 0.15) is 13.3 Å². The van der Waals surface area contributed by atoms with Crippen LogP contribution in [0.4, 0.5) is 0 Å². The van der Waals surface area contributed by atoms with Crippen LogP contribution in [-0.2, 0) is 9.53 Å². The molecular formula is C11H16O3. The second-order valence-electron chi connectivity index (χ2n) is 3.46. The van der Waals surface area contributed by atoms with Crippen LogP contribution in [-0.4, -0.2) is 23.8 Å². The van der Waals surface area contributed by atoms with E-state index in [-0.39, 0.29) is 11.9 Å². The van der Waals surface area contributed by atoms with E-state index in [1.54, 1.807) is 18.2 Å². The van der Waals surface area contributed by atoms with Gasteiger partial charge in [-0.1, -0.05) is 18.2 Å². The predicted octanol–water partition coefficient (Wildman–Crippen LogP) is 1.29. The van der Waals surface area contributed by atoms with Gasteiger partial charge in [-0.2, -0.15) is 0 Å². The van der Waals surface area contributed by atoms with Crippen molar-refractivity contribution < 1.29 is 14.6 Å². The SMILES string of the molecule is C=CC[C@H]1COC(=O)[C@@H]1[C@@H](O)/C=C/C. The first kappa shape index (κ1) is 11.0. The van der Waals surface area contributed by atoms with Gasteiger partial charge in [0.05, 0.1) is 18.6 Å². The van der Waals surface area contributed by atoms with Crippen LogP contribution in [0, 0.1) is 11.8 Å². The molecule has 0 radical (unpaired) electrons. The highest BCUT2D eigenvalue weighted by atomic mass is 16.5. The zero-order valence-electron chi connectivity index (χ0n) is 8.35. The first-order chi connectivity index (χ1) is 6.70. The molecule has 14 heavy (non-hydrogen) atoms. The number of hydrogen-bond donors (Lipinski definition) is 1. The molecule has 0 spiro atoms. The summed E-state index contributed by atoms with van der Waals surface area (Å²) in [5.74, 6) is -0.669. The van der Waals surface area contributed by atoms with Crippen molar-refractivity contribution in [2.24, 2.45) is 11.8 Å². The van der Waals surface area contributed by atoms with Crippen LogP contribution in [0.3, 0.4) is 0 Å². The molecule has 0 aliphatic carbocycles. The first-order valence-electron chi connectivity index (χ1n) is 4.79. The highest BCUT2D eigenvalue weighted by molar-refractivity contribution is 5.75. The Labute approximate surface area is 84.1 Å². The molecule has 1 saturated heterocycles. The average Bonchev–Trinajstić information content (AvgIpc) is 2.48. The molecule has 3 heteroatoms. The van der Waals surface area contributed by atoms with Gasteiger partial charge >= 0.3 is 5.97 Å². The second kappa shape index (κ2) is 4.96. The standard InChI is InChI=1S/C11H16O3/c1-3-5-8-7-14-11(13)10(8)9(12)6-4-2/h3-4,6,8-10,12H,1,5,7H2,2H3/b6-4+/t8-,9-,10-/m0/s1. The van der Waals surface area contributed by atoms with Crippen LogP contribution in [0.2, 0.25) is 0 Å². The first-order valence-corrected chi connectivity index (χ1v) is 4.79. The third kappa shape index (κ3) is 2.23. The summed E-state index contributed by atoms with van der Waals surface area (Å²) in [6, 6.07) is 0. The maximum atomic E-state index is 11.3. The van der Waals surface area contributed by atoms with Gasteiger partial charge in [-0.05, 0) is 13.3 Å². The van der Waals surface area contributed by atoms with E-state index in [4.69, 9.17) is 4.74 Å². The number of carbonyl (C=O) groups is 1. The highest BCUT2D eigenvalue weighted by Crippen LogP contribution is 2.28. The molecule has 0 amide bonds. The fourth-order valence-electron chi connectivity index (χ4n) is 1.75. The normalized spacial score (nSPS) is 29.1. The molecule has 1 aliphatic rings. The van der Waals surface area contributed by atoms with E-state index in [1.165, 1.54) is 0 Å². The van der Waals surface area contributed by atoms with Gasteiger partial charge in [-0.3, -0.25) is 4.79 Å². The lowest BCUT2D eigenvalue weighted by molar-refractivity contribution is -0.143. The van der Waals surface area contributed by atoms with E-state index in [9.17, 15) is 9.90 Å². The van der Waals surface area contributed by atoms with Crippen LogP contribution in [0.15, 0.2) is 24.8 Å². The third-order valence-corrected chi connectivity index (χ3v) is 2.45. The van der Waals surface area contributed by atoms with Gasteiger partial charge < -0.3 is 9.84 Å². The Morgan fingerprint density at radius 1 is 1.79 bits per heavy atom. The number of cyclic esters (lactones) is 1. The molecule has 0 unspecified atom stereocenters. The lowest BCUT2D eigenvalue weighted by atomic mass is 9.87. The van der Waals surface area contributed by atoms with Crippen molar-refractivity contribution >= 4 is 5.97 Å². The van der Waals surface area contributed by atoms with E-state index in [0.717, 1.165) is 0 Å². The van der Waals surface area contributed by atoms with Gasteiger partial charge in [0.15, 0.2) is 0 Å². The van der Waals surface area contributed by atoms with Crippen molar-refractivity contribution in [1.82, 2.24) is 0 Å². The van der Waals surface area contributed by atoms with E-state index in [2.05, 4.69) is 6.58 Å². The monoisotopic (exact) mass is 196 g/mol. The maximum Gasteiger partial charge on any atom is 0.312 e. The molecule has 1 rings (SSSR count). The largest absolute Gasteiger partial charge is 0.465 e. The molecule has 0 aromatic carbocycles.